The highest BCUT2D eigenvalue weighted by Gasteiger charge is 2.18. The fourth-order valence-corrected chi connectivity index (χ4v) is 2.74. The third-order valence-corrected chi connectivity index (χ3v) is 3.97. The van der Waals surface area contributed by atoms with Gasteiger partial charge in [-0.15, -0.1) is 0 Å². The van der Waals surface area contributed by atoms with Gasteiger partial charge in [-0.2, -0.15) is 0 Å². The molecule has 0 atom stereocenters. The van der Waals surface area contributed by atoms with Crippen LogP contribution in [0.2, 0.25) is 0 Å². The number of amides is 1. The molecule has 5 nitrogen and oxygen atoms in total. The summed E-state index contributed by atoms with van der Waals surface area (Å²) >= 11 is 0. The lowest BCUT2D eigenvalue weighted by atomic mass is 10.1. The molecule has 112 valence electrons. The zero-order valence-electron chi connectivity index (χ0n) is 11.6. The zero-order chi connectivity index (χ0) is 15.3. The van der Waals surface area contributed by atoms with Gasteiger partial charge < -0.3 is 10.1 Å². The summed E-state index contributed by atoms with van der Waals surface area (Å²) in [4.78, 5) is 11.8. The maximum atomic E-state index is 11.9. The van der Waals surface area contributed by atoms with Crippen LogP contribution >= 0.6 is 10.7 Å². The monoisotopic (exact) mass is 319 g/mol. The molecule has 0 saturated carbocycles. The standard InChI is InChI=1S/C13H18ClNO4S/c1-9(2)7-15-13(16)10-4-5-11(8-19-3)12(6-10)20(14,17)18/h4-6,9H,7-8H2,1-3H3,(H,15,16). The molecule has 1 aromatic carbocycles. The first-order chi connectivity index (χ1) is 9.25. The second kappa shape index (κ2) is 7.06. The fraction of sp³-hybridized carbons (Fsp3) is 0.462. The second-order valence-electron chi connectivity index (χ2n) is 4.80. The maximum absolute atomic E-state index is 11.9. The van der Waals surface area contributed by atoms with Crippen LogP contribution in [0.1, 0.15) is 29.8 Å². The van der Waals surface area contributed by atoms with Gasteiger partial charge in [-0.1, -0.05) is 19.9 Å². The van der Waals surface area contributed by atoms with Crippen LogP contribution in [0.5, 0.6) is 0 Å². The summed E-state index contributed by atoms with van der Waals surface area (Å²) in [6.45, 7) is 4.56. The molecule has 0 unspecified atom stereocenters. The first-order valence-electron chi connectivity index (χ1n) is 6.10. The average molecular weight is 320 g/mol. The van der Waals surface area contributed by atoms with E-state index in [-0.39, 0.29) is 23.0 Å². The van der Waals surface area contributed by atoms with Crippen molar-refractivity contribution in [2.75, 3.05) is 13.7 Å². The molecule has 0 fully saturated rings. The summed E-state index contributed by atoms with van der Waals surface area (Å²) < 4.78 is 28.0. The van der Waals surface area contributed by atoms with Crippen LogP contribution in [0.15, 0.2) is 23.1 Å². The van der Waals surface area contributed by atoms with E-state index in [2.05, 4.69) is 5.32 Å². The molecule has 0 saturated heterocycles. The number of hydrogen-bond donors (Lipinski definition) is 1. The Labute approximate surface area is 123 Å². The van der Waals surface area contributed by atoms with Crippen LogP contribution in [-0.4, -0.2) is 28.0 Å². The van der Waals surface area contributed by atoms with Crippen molar-refractivity contribution in [2.45, 2.75) is 25.3 Å². The SMILES string of the molecule is COCc1ccc(C(=O)NCC(C)C)cc1S(=O)(=O)Cl. The fourth-order valence-electron chi connectivity index (χ4n) is 1.60. The lowest BCUT2D eigenvalue weighted by Crippen LogP contribution is -2.27. The Morgan fingerprint density at radius 1 is 1.40 bits per heavy atom. The van der Waals surface area contributed by atoms with E-state index < -0.39 is 9.05 Å². The molecule has 1 amide bonds. The minimum absolute atomic E-state index is 0.0989. The quantitative estimate of drug-likeness (QED) is 0.815. The lowest BCUT2D eigenvalue weighted by molar-refractivity contribution is 0.0948. The van der Waals surface area contributed by atoms with Gasteiger partial charge in [0.25, 0.3) is 15.0 Å². The van der Waals surface area contributed by atoms with E-state index in [1.165, 1.54) is 19.2 Å². The Balaban J connectivity index is 3.10. The highest BCUT2D eigenvalue weighted by Crippen LogP contribution is 2.22. The minimum atomic E-state index is -3.93. The molecule has 0 aliphatic carbocycles. The van der Waals surface area contributed by atoms with Gasteiger partial charge in [-0.25, -0.2) is 8.42 Å². The van der Waals surface area contributed by atoms with Gasteiger partial charge in [0.1, 0.15) is 0 Å². The van der Waals surface area contributed by atoms with Crippen LogP contribution in [-0.2, 0) is 20.4 Å². The van der Waals surface area contributed by atoms with E-state index in [1.807, 2.05) is 13.8 Å². The van der Waals surface area contributed by atoms with Gasteiger partial charge >= 0.3 is 0 Å². The molecule has 1 rings (SSSR count). The van der Waals surface area contributed by atoms with Gasteiger partial charge in [-0.3, -0.25) is 4.79 Å². The predicted molar refractivity (Wildman–Crippen MR) is 77.4 cm³/mol. The summed E-state index contributed by atoms with van der Waals surface area (Å²) in [6.07, 6.45) is 0. The van der Waals surface area contributed by atoms with E-state index in [1.54, 1.807) is 6.07 Å². The Hall–Kier alpha value is -1.11. The number of carbonyl (C=O) groups excluding carboxylic acids is 1. The Morgan fingerprint density at radius 2 is 2.05 bits per heavy atom. The molecule has 0 aliphatic rings. The van der Waals surface area contributed by atoms with Crippen LogP contribution in [0.25, 0.3) is 0 Å². The Kier molecular flexibility index (Phi) is 5.98. The van der Waals surface area contributed by atoms with Crippen molar-refractivity contribution in [2.24, 2.45) is 5.92 Å². The molecule has 7 heteroatoms. The lowest BCUT2D eigenvalue weighted by Gasteiger charge is -2.10. The molecular formula is C13H18ClNO4S. The van der Waals surface area contributed by atoms with Crippen molar-refractivity contribution in [3.8, 4) is 0 Å². The van der Waals surface area contributed by atoms with Gasteiger partial charge in [-0.05, 0) is 23.6 Å². The van der Waals surface area contributed by atoms with Crippen LogP contribution in [0, 0.1) is 5.92 Å². The third-order valence-electron chi connectivity index (χ3n) is 2.56. The van der Waals surface area contributed by atoms with Crippen molar-refractivity contribution >= 4 is 25.6 Å². The van der Waals surface area contributed by atoms with Gasteiger partial charge in [0.2, 0.25) is 0 Å². The molecular weight excluding hydrogens is 302 g/mol. The molecule has 0 spiro atoms. The maximum Gasteiger partial charge on any atom is 0.261 e. The molecule has 0 aromatic heterocycles. The number of nitrogens with one attached hydrogen (secondary N) is 1. The number of benzene rings is 1. The first-order valence-corrected chi connectivity index (χ1v) is 8.41. The number of rotatable bonds is 6. The van der Waals surface area contributed by atoms with E-state index in [0.29, 0.717) is 18.0 Å². The molecule has 0 bridgehead atoms. The van der Waals surface area contributed by atoms with E-state index in [4.69, 9.17) is 15.4 Å². The van der Waals surface area contributed by atoms with Crippen molar-refractivity contribution < 1.29 is 17.9 Å². The number of carbonyl (C=O) groups is 1. The summed E-state index contributed by atoms with van der Waals surface area (Å²) in [5.74, 6) is -0.0211. The van der Waals surface area contributed by atoms with Crippen LogP contribution in [0.4, 0.5) is 0 Å². The smallest absolute Gasteiger partial charge is 0.261 e. The molecule has 0 radical (unpaired) electrons. The molecule has 20 heavy (non-hydrogen) atoms. The van der Waals surface area contributed by atoms with Crippen molar-refractivity contribution in [3.05, 3.63) is 29.3 Å². The number of halogens is 1. The van der Waals surface area contributed by atoms with Crippen LogP contribution < -0.4 is 5.32 Å². The highest BCUT2D eigenvalue weighted by molar-refractivity contribution is 8.13. The minimum Gasteiger partial charge on any atom is -0.380 e. The van der Waals surface area contributed by atoms with Gasteiger partial charge in [0.05, 0.1) is 11.5 Å². The van der Waals surface area contributed by atoms with Crippen LogP contribution in [0.3, 0.4) is 0 Å². The Bertz CT molecular complexity index is 584. The van der Waals surface area contributed by atoms with Gasteiger partial charge in [0, 0.05) is 29.9 Å². The summed E-state index contributed by atoms with van der Waals surface area (Å²) in [5.41, 5.74) is 0.674. The number of methoxy groups -OCH3 is 1. The average Bonchev–Trinajstić information content (AvgIpc) is 2.35. The number of hydrogen-bond acceptors (Lipinski definition) is 4. The number of ether oxygens (including phenoxy) is 1. The second-order valence-corrected chi connectivity index (χ2v) is 7.33. The topological polar surface area (TPSA) is 72.5 Å². The van der Waals surface area contributed by atoms with E-state index in [0.717, 1.165) is 0 Å². The summed E-state index contributed by atoms with van der Waals surface area (Å²) in [5, 5.41) is 2.72. The third kappa shape index (κ3) is 4.77. The Morgan fingerprint density at radius 3 is 2.55 bits per heavy atom. The molecule has 1 N–H and O–H groups in total. The first kappa shape index (κ1) is 16.9. The van der Waals surface area contributed by atoms with E-state index >= 15 is 0 Å². The van der Waals surface area contributed by atoms with Gasteiger partial charge in [0.15, 0.2) is 0 Å². The summed E-state index contributed by atoms with van der Waals surface area (Å²) in [7, 11) is 2.91. The van der Waals surface area contributed by atoms with Crippen molar-refractivity contribution in [1.82, 2.24) is 5.32 Å². The predicted octanol–water partition coefficient (Wildman–Crippen LogP) is 2.15. The summed E-state index contributed by atoms with van der Waals surface area (Å²) in [6, 6.07) is 4.35. The highest BCUT2D eigenvalue weighted by atomic mass is 35.7. The molecule has 0 aliphatic heterocycles. The largest absolute Gasteiger partial charge is 0.380 e. The van der Waals surface area contributed by atoms with Crippen molar-refractivity contribution in [3.63, 3.8) is 0 Å². The van der Waals surface area contributed by atoms with E-state index in [9.17, 15) is 13.2 Å². The normalized spacial score (nSPS) is 11.7. The molecule has 0 heterocycles. The van der Waals surface area contributed by atoms with Crippen molar-refractivity contribution in [1.29, 1.82) is 0 Å². The molecule has 1 aromatic rings. The zero-order valence-corrected chi connectivity index (χ0v) is 13.2.